The molecule has 3 aromatic carbocycles. The average Bonchev–Trinajstić information content (AvgIpc) is 3.32. The van der Waals surface area contributed by atoms with Gasteiger partial charge >= 0.3 is 0 Å². The number of pyridine rings is 1. The standard InChI is InChI=1S/C28H21N5O/c1-33-17-31-15-26(33)28(30)22-8-6-20(14-29)21(11-22)16-34-24-4-2-3-19(12-24)27-25-13-23(28)7-5-18(25)9-10-32-27/h2-13,15,17H,16,30H2,1H3. The predicted molar refractivity (Wildman–Crippen MR) is 130 cm³/mol. The molecule has 0 radical (unpaired) electrons. The SMILES string of the molecule is Cn1cncc1C1(N)c2ccc(C#N)c(c2)COc2cccc(c2)-c2nccc3ccc1cc23. The lowest BCUT2D eigenvalue weighted by atomic mass is 9.79. The van der Waals surface area contributed by atoms with Crippen LogP contribution < -0.4 is 10.5 Å². The Morgan fingerprint density at radius 3 is 2.74 bits per heavy atom. The number of ether oxygens (including phenoxy) is 1. The molecule has 6 bridgehead atoms. The van der Waals surface area contributed by atoms with Gasteiger partial charge in [0.15, 0.2) is 0 Å². The van der Waals surface area contributed by atoms with Gasteiger partial charge in [0.2, 0.25) is 0 Å². The normalized spacial score (nSPS) is 16.7. The van der Waals surface area contributed by atoms with Gasteiger partial charge in [0.25, 0.3) is 0 Å². The van der Waals surface area contributed by atoms with E-state index in [-0.39, 0.29) is 6.61 Å². The fourth-order valence-corrected chi connectivity index (χ4v) is 4.81. The van der Waals surface area contributed by atoms with Gasteiger partial charge in [-0.15, -0.1) is 0 Å². The third-order valence-corrected chi connectivity index (χ3v) is 6.63. The first-order valence-corrected chi connectivity index (χ1v) is 11.0. The monoisotopic (exact) mass is 443 g/mol. The van der Waals surface area contributed by atoms with E-state index in [0.717, 1.165) is 44.4 Å². The summed E-state index contributed by atoms with van der Waals surface area (Å²) in [6, 6.07) is 24.1. The number of nitrogens with zero attached hydrogens (tertiary/aromatic N) is 4. The minimum atomic E-state index is -1.01. The summed E-state index contributed by atoms with van der Waals surface area (Å²) in [6.45, 7) is 0.247. The van der Waals surface area contributed by atoms with Crippen LogP contribution in [0.4, 0.5) is 0 Å². The minimum absolute atomic E-state index is 0.247. The summed E-state index contributed by atoms with van der Waals surface area (Å²) in [5.74, 6) is 0.714. The molecule has 5 aromatic rings. The van der Waals surface area contributed by atoms with Crippen molar-refractivity contribution >= 4 is 10.8 Å². The quantitative estimate of drug-likeness (QED) is 0.407. The van der Waals surface area contributed by atoms with E-state index in [1.807, 2.05) is 66.3 Å². The topological polar surface area (TPSA) is 89.8 Å². The number of benzene rings is 3. The molecule has 1 atom stereocenters. The Hall–Kier alpha value is -4.47. The van der Waals surface area contributed by atoms with E-state index in [2.05, 4.69) is 29.3 Å². The minimum Gasteiger partial charge on any atom is -0.489 e. The van der Waals surface area contributed by atoms with Gasteiger partial charge in [-0.05, 0) is 52.9 Å². The molecule has 0 fully saturated rings. The van der Waals surface area contributed by atoms with Gasteiger partial charge in [0, 0.05) is 29.8 Å². The number of nitriles is 1. The number of nitrogens with two attached hydrogens (primary N) is 1. The predicted octanol–water partition coefficient (Wildman–Crippen LogP) is 4.65. The lowest BCUT2D eigenvalue weighted by molar-refractivity contribution is 0.305. The van der Waals surface area contributed by atoms with Crippen molar-refractivity contribution in [3.8, 4) is 23.1 Å². The lowest BCUT2D eigenvalue weighted by Crippen LogP contribution is -2.41. The van der Waals surface area contributed by atoms with Crippen molar-refractivity contribution in [2.45, 2.75) is 12.1 Å². The van der Waals surface area contributed by atoms with Crippen LogP contribution in [0.2, 0.25) is 0 Å². The summed E-state index contributed by atoms with van der Waals surface area (Å²) in [5.41, 5.74) is 12.1. The molecule has 6 heteroatoms. The highest BCUT2D eigenvalue weighted by molar-refractivity contribution is 5.95. The molecule has 3 heterocycles. The summed E-state index contributed by atoms with van der Waals surface area (Å²) < 4.78 is 8.08. The number of hydrogen-bond donors (Lipinski definition) is 1. The van der Waals surface area contributed by atoms with Crippen LogP contribution >= 0.6 is 0 Å². The number of aromatic nitrogens is 3. The number of hydrogen-bond acceptors (Lipinski definition) is 5. The van der Waals surface area contributed by atoms with Crippen LogP contribution in [-0.2, 0) is 19.2 Å². The van der Waals surface area contributed by atoms with Crippen molar-refractivity contribution in [1.82, 2.24) is 14.5 Å². The molecule has 0 aliphatic carbocycles. The van der Waals surface area contributed by atoms with Crippen LogP contribution in [0.1, 0.15) is 27.9 Å². The summed E-state index contributed by atoms with van der Waals surface area (Å²) in [5, 5.41) is 11.8. The molecule has 2 aromatic heterocycles. The van der Waals surface area contributed by atoms with Crippen LogP contribution in [-0.4, -0.2) is 14.5 Å². The zero-order valence-electron chi connectivity index (χ0n) is 18.6. The molecule has 0 saturated carbocycles. The summed E-state index contributed by atoms with van der Waals surface area (Å²) in [7, 11) is 1.94. The Morgan fingerprint density at radius 2 is 1.91 bits per heavy atom. The molecule has 1 aliphatic heterocycles. The zero-order chi connectivity index (χ0) is 23.3. The van der Waals surface area contributed by atoms with E-state index >= 15 is 0 Å². The Balaban J connectivity index is 1.73. The van der Waals surface area contributed by atoms with E-state index in [1.54, 1.807) is 12.5 Å². The zero-order valence-corrected chi connectivity index (χ0v) is 18.6. The Morgan fingerprint density at radius 1 is 1.06 bits per heavy atom. The molecule has 6 nitrogen and oxygen atoms in total. The Kier molecular flexibility index (Phi) is 4.47. The van der Waals surface area contributed by atoms with Crippen molar-refractivity contribution in [2.24, 2.45) is 12.8 Å². The highest BCUT2D eigenvalue weighted by Gasteiger charge is 2.35. The third kappa shape index (κ3) is 2.99. The van der Waals surface area contributed by atoms with Crippen molar-refractivity contribution in [3.05, 3.63) is 113 Å². The second-order valence-corrected chi connectivity index (χ2v) is 8.59. The second-order valence-electron chi connectivity index (χ2n) is 8.59. The lowest BCUT2D eigenvalue weighted by Gasteiger charge is -2.32. The van der Waals surface area contributed by atoms with Crippen LogP contribution in [0.3, 0.4) is 0 Å². The maximum absolute atomic E-state index is 9.74. The summed E-state index contributed by atoms with van der Waals surface area (Å²) in [4.78, 5) is 9.07. The highest BCUT2D eigenvalue weighted by atomic mass is 16.5. The number of aryl methyl sites for hydroxylation is 1. The molecule has 1 aliphatic rings. The molecule has 2 N–H and O–H groups in total. The van der Waals surface area contributed by atoms with Gasteiger partial charge in [0.1, 0.15) is 17.9 Å². The van der Waals surface area contributed by atoms with Gasteiger partial charge in [0.05, 0.1) is 35.5 Å². The smallest absolute Gasteiger partial charge is 0.120 e. The molecular weight excluding hydrogens is 422 g/mol. The first-order valence-electron chi connectivity index (χ1n) is 11.0. The largest absolute Gasteiger partial charge is 0.489 e. The fourth-order valence-electron chi connectivity index (χ4n) is 4.81. The van der Waals surface area contributed by atoms with Crippen LogP contribution in [0.25, 0.3) is 22.0 Å². The third-order valence-electron chi connectivity index (χ3n) is 6.63. The number of rotatable bonds is 1. The first-order chi connectivity index (χ1) is 16.6. The molecule has 6 rings (SSSR count). The summed E-state index contributed by atoms with van der Waals surface area (Å²) in [6.07, 6.45) is 5.37. The van der Waals surface area contributed by atoms with Crippen molar-refractivity contribution < 1.29 is 4.74 Å². The van der Waals surface area contributed by atoms with Gasteiger partial charge in [-0.3, -0.25) is 4.98 Å². The van der Waals surface area contributed by atoms with Gasteiger partial charge in [-0.25, -0.2) is 4.98 Å². The summed E-state index contributed by atoms with van der Waals surface area (Å²) >= 11 is 0. The van der Waals surface area contributed by atoms with Crippen LogP contribution in [0.5, 0.6) is 5.75 Å². The van der Waals surface area contributed by atoms with Gasteiger partial charge in [-0.1, -0.05) is 30.3 Å². The number of fused-ring (bicyclic) bond motifs is 6. The number of imidazole rings is 1. The van der Waals surface area contributed by atoms with Crippen molar-refractivity contribution in [3.63, 3.8) is 0 Å². The van der Waals surface area contributed by atoms with Gasteiger partial charge < -0.3 is 15.0 Å². The van der Waals surface area contributed by atoms with E-state index in [1.165, 1.54) is 0 Å². The fraction of sp³-hybridized carbons (Fsp3) is 0.107. The Labute approximate surface area is 196 Å². The molecule has 0 spiro atoms. The van der Waals surface area contributed by atoms with E-state index in [9.17, 15) is 5.26 Å². The maximum atomic E-state index is 9.74. The molecule has 34 heavy (non-hydrogen) atoms. The van der Waals surface area contributed by atoms with Crippen molar-refractivity contribution in [1.29, 1.82) is 5.26 Å². The van der Waals surface area contributed by atoms with Crippen molar-refractivity contribution in [2.75, 3.05) is 0 Å². The Bertz CT molecular complexity index is 1610. The van der Waals surface area contributed by atoms with E-state index < -0.39 is 5.54 Å². The first kappa shape index (κ1) is 20.2. The van der Waals surface area contributed by atoms with Gasteiger partial charge in [-0.2, -0.15) is 5.26 Å². The molecule has 164 valence electrons. The molecule has 1 unspecified atom stereocenters. The molecule has 0 saturated heterocycles. The average molecular weight is 444 g/mol. The maximum Gasteiger partial charge on any atom is 0.120 e. The molecule has 0 amide bonds. The van der Waals surface area contributed by atoms with Crippen LogP contribution in [0, 0.1) is 11.3 Å². The highest BCUT2D eigenvalue weighted by Crippen LogP contribution is 2.38. The van der Waals surface area contributed by atoms with Crippen LogP contribution in [0.15, 0.2) is 85.5 Å². The second kappa shape index (κ2) is 7.55. The molecular formula is C28H21N5O. The van der Waals surface area contributed by atoms with E-state index in [0.29, 0.717) is 11.3 Å². The van der Waals surface area contributed by atoms with E-state index in [4.69, 9.17) is 15.5 Å².